The molecule has 3 rings (SSSR count). The number of nitrogens with zero attached hydrogens (tertiary/aromatic N) is 3. The lowest BCUT2D eigenvalue weighted by Crippen LogP contribution is -2.31. The van der Waals surface area contributed by atoms with Gasteiger partial charge in [0, 0.05) is 30.1 Å². The Morgan fingerprint density at radius 1 is 1.22 bits per heavy atom. The van der Waals surface area contributed by atoms with Gasteiger partial charge in [0.05, 0.1) is 17.6 Å². The average molecular weight is 409 g/mol. The summed E-state index contributed by atoms with van der Waals surface area (Å²) >= 11 is 3.52. The van der Waals surface area contributed by atoms with E-state index in [1.54, 1.807) is 23.1 Å². The molecule has 0 atom stereocenters. The van der Waals surface area contributed by atoms with Crippen molar-refractivity contribution in [1.29, 1.82) is 0 Å². The van der Waals surface area contributed by atoms with Gasteiger partial charge in [0.15, 0.2) is 5.16 Å². The first-order valence-electron chi connectivity index (χ1n) is 10.0. The van der Waals surface area contributed by atoms with E-state index in [1.165, 1.54) is 15.8 Å². The summed E-state index contributed by atoms with van der Waals surface area (Å²) in [6.45, 7) is 15.7. The quantitative estimate of drug-likeness (QED) is 0.475. The van der Waals surface area contributed by atoms with Crippen LogP contribution < -0.4 is 5.32 Å². The summed E-state index contributed by atoms with van der Waals surface area (Å²) in [6, 6.07) is 0. The molecule has 150 valence electrons. The summed E-state index contributed by atoms with van der Waals surface area (Å²) in [6.07, 6.45) is 2.04. The topological polar surface area (TPSA) is 50.3 Å². The van der Waals surface area contributed by atoms with E-state index in [9.17, 15) is 0 Å². The van der Waals surface area contributed by atoms with Crippen LogP contribution in [0.2, 0.25) is 0 Å². The van der Waals surface area contributed by atoms with Crippen molar-refractivity contribution in [3.63, 3.8) is 0 Å². The summed E-state index contributed by atoms with van der Waals surface area (Å²) in [7, 11) is 0. The molecule has 0 amide bonds. The Hall–Kier alpha value is -0.890. The zero-order valence-corrected chi connectivity index (χ0v) is 18.9. The van der Waals surface area contributed by atoms with Gasteiger partial charge in [0.25, 0.3) is 0 Å². The van der Waals surface area contributed by atoms with Crippen LogP contribution in [0.4, 0.5) is 5.82 Å². The molecule has 0 fully saturated rings. The van der Waals surface area contributed by atoms with Crippen molar-refractivity contribution in [3.05, 3.63) is 10.4 Å². The van der Waals surface area contributed by atoms with E-state index in [-0.39, 0.29) is 5.60 Å². The maximum atomic E-state index is 6.03. The SMILES string of the molecule is CCCSc1nc(NCCN(CC)CC)c2c3c(sc2n1)COC(C)(C)C3. The minimum atomic E-state index is -0.130. The molecule has 0 aromatic carbocycles. The Labute approximate surface area is 171 Å². The molecule has 7 heteroatoms. The highest BCUT2D eigenvalue weighted by Gasteiger charge is 2.31. The van der Waals surface area contributed by atoms with Crippen molar-refractivity contribution in [2.75, 3.05) is 37.2 Å². The van der Waals surface area contributed by atoms with Crippen LogP contribution in [-0.2, 0) is 17.8 Å². The van der Waals surface area contributed by atoms with E-state index >= 15 is 0 Å². The average Bonchev–Trinajstić information content (AvgIpc) is 3.00. The molecule has 1 N–H and O–H groups in total. The van der Waals surface area contributed by atoms with Gasteiger partial charge in [-0.15, -0.1) is 11.3 Å². The first-order chi connectivity index (χ1) is 13.0. The van der Waals surface area contributed by atoms with Crippen molar-refractivity contribution in [2.45, 2.75) is 64.8 Å². The summed E-state index contributed by atoms with van der Waals surface area (Å²) in [5, 5.41) is 5.72. The Kier molecular flexibility index (Phi) is 7.00. The van der Waals surface area contributed by atoms with Crippen molar-refractivity contribution < 1.29 is 4.74 Å². The first kappa shape index (κ1) is 20.8. The number of hydrogen-bond acceptors (Lipinski definition) is 7. The number of thiophene rings is 1. The summed E-state index contributed by atoms with van der Waals surface area (Å²) in [5.41, 5.74) is 1.25. The van der Waals surface area contributed by atoms with E-state index in [0.29, 0.717) is 6.61 Å². The smallest absolute Gasteiger partial charge is 0.190 e. The van der Waals surface area contributed by atoms with Gasteiger partial charge < -0.3 is 15.0 Å². The summed E-state index contributed by atoms with van der Waals surface area (Å²) in [5.74, 6) is 2.05. The number of ether oxygens (including phenoxy) is 1. The zero-order chi connectivity index (χ0) is 19.4. The van der Waals surface area contributed by atoms with Gasteiger partial charge in [-0.2, -0.15) is 0 Å². The van der Waals surface area contributed by atoms with Gasteiger partial charge in [0.1, 0.15) is 10.6 Å². The molecule has 0 aliphatic carbocycles. The number of likely N-dealkylation sites (N-methyl/N-ethyl adjacent to an activating group) is 1. The zero-order valence-electron chi connectivity index (χ0n) is 17.2. The Balaban J connectivity index is 1.93. The monoisotopic (exact) mass is 408 g/mol. The third kappa shape index (κ3) is 4.94. The molecule has 0 unspecified atom stereocenters. The van der Waals surface area contributed by atoms with Crippen molar-refractivity contribution in [1.82, 2.24) is 14.9 Å². The lowest BCUT2D eigenvalue weighted by Gasteiger charge is -2.30. The van der Waals surface area contributed by atoms with Gasteiger partial charge in [-0.25, -0.2) is 9.97 Å². The molecule has 1 aliphatic rings. The highest BCUT2D eigenvalue weighted by molar-refractivity contribution is 7.99. The molecule has 2 aromatic rings. The molecule has 0 spiro atoms. The molecule has 0 radical (unpaired) electrons. The van der Waals surface area contributed by atoms with Crippen LogP contribution >= 0.6 is 23.1 Å². The molecule has 0 saturated carbocycles. The first-order valence-corrected chi connectivity index (χ1v) is 11.8. The number of thioether (sulfide) groups is 1. The Morgan fingerprint density at radius 2 is 2.00 bits per heavy atom. The maximum absolute atomic E-state index is 6.03. The second kappa shape index (κ2) is 9.07. The van der Waals surface area contributed by atoms with E-state index in [4.69, 9.17) is 14.7 Å². The normalized spacial score (nSPS) is 16.1. The minimum Gasteiger partial charge on any atom is -0.370 e. The summed E-state index contributed by atoms with van der Waals surface area (Å²) < 4.78 is 6.03. The predicted molar refractivity (Wildman–Crippen MR) is 117 cm³/mol. The lowest BCUT2D eigenvalue weighted by atomic mass is 9.94. The third-order valence-electron chi connectivity index (χ3n) is 4.96. The molecular formula is C20H32N4OS2. The van der Waals surface area contributed by atoms with E-state index in [2.05, 4.69) is 44.8 Å². The number of aromatic nitrogens is 2. The number of fused-ring (bicyclic) bond motifs is 3. The molecule has 27 heavy (non-hydrogen) atoms. The molecule has 0 bridgehead atoms. The van der Waals surface area contributed by atoms with Crippen LogP contribution in [0.15, 0.2) is 5.16 Å². The van der Waals surface area contributed by atoms with Crippen molar-refractivity contribution >= 4 is 39.1 Å². The van der Waals surface area contributed by atoms with Crippen LogP contribution in [0, 0.1) is 0 Å². The number of anilines is 1. The van der Waals surface area contributed by atoms with Crippen LogP contribution in [-0.4, -0.2) is 52.4 Å². The largest absolute Gasteiger partial charge is 0.370 e. The van der Waals surface area contributed by atoms with E-state index in [0.717, 1.165) is 60.6 Å². The maximum Gasteiger partial charge on any atom is 0.190 e. The molecule has 0 saturated heterocycles. The third-order valence-corrected chi connectivity index (χ3v) is 7.11. The number of rotatable bonds is 9. The second-order valence-electron chi connectivity index (χ2n) is 7.57. The molecule has 1 aliphatic heterocycles. The van der Waals surface area contributed by atoms with Crippen molar-refractivity contribution in [2.24, 2.45) is 0 Å². The summed E-state index contributed by atoms with van der Waals surface area (Å²) in [4.78, 5) is 14.6. The number of hydrogen-bond donors (Lipinski definition) is 1. The van der Waals surface area contributed by atoms with Gasteiger partial charge in [-0.3, -0.25) is 0 Å². The molecule has 2 aromatic heterocycles. The molecule has 5 nitrogen and oxygen atoms in total. The van der Waals surface area contributed by atoms with E-state index in [1.807, 2.05) is 0 Å². The Morgan fingerprint density at radius 3 is 2.70 bits per heavy atom. The second-order valence-corrected chi connectivity index (χ2v) is 9.71. The van der Waals surface area contributed by atoms with E-state index < -0.39 is 0 Å². The molecular weight excluding hydrogens is 376 g/mol. The highest BCUT2D eigenvalue weighted by atomic mass is 32.2. The lowest BCUT2D eigenvalue weighted by molar-refractivity contribution is -0.0379. The van der Waals surface area contributed by atoms with Gasteiger partial charge >= 0.3 is 0 Å². The highest BCUT2D eigenvalue weighted by Crippen LogP contribution is 2.41. The number of nitrogens with one attached hydrogen (secondary N) is 1. The van der Waals surface area contributed by atoms with Crippen LogP contribution in [0.25, 0.3) is 10.2 Å². The van der Waals surface area contributed by atoms with Gasteiger partial charge in [0.2, 0.25) is 0 Å². The fourth-order valence-electron chi connectivity index (χ4n) is 3.38. The standard InChI is InChI=1S/C20H32N4OS2/c1-6-11-26-19-22-17(21-9-10-24(7-2)8-3)16-14-12-20(4,5)25-13-15(14)27-18(16)23-19/h6-13H2,1-5H3,(H,21,22,23). The fourth-order valence-corrected chi connectivity index (χ4v) is 5.24. The predicted octanol–water partition coefficient (Wildman–Crippen LogP) is 4.80. The van der Waals surface area contributed by atoms with Gasteiger partial charge in [-0.1, -0.05) is 32.5 Å². The molecule has 3 heterocycles. The van der Waals surface area contributed by atoms with Crippen molar-refractivity contribution in [3.8, 4) is 0 Å². The van der Waals surface area contributed by atoms with Crippen LogP contribution in [0.5, 0.6) is 0 Å². The Bertz CT molecular complexity index is 771. The van der Waals surface area contributed by atoms with Gasteiger partial charge in [-0.05, 0) is 38.9 Å². The minimum absolute atomic E-state index is 0.130. The van der Waals surface area contributed by atoms with Crippen LogP contribution in [0.1, 0.15) is 51.5 Å². The van der Waals surface area contributed by atoms with Crippen LogP contribution in [0.3, 0.4) is 0 Å². The fraction of sp³-hybridized carbons (Fsp3) is 0.700.